The highest BCUT2D eigenvalue weighted by atomic mass is 16.5. The molecule has 2 amide bonds. The third-order valence-electron chi connectivity index (χ3n) is 3.32. The van der Waals surface area contributed by atoms with Crippen molar-refractivity contribution in [2.24, 2.45) is 5.92 Å². The van der Waals surface area contributed by atoms with E-state index in [4.69, 9.17) is 10.00 Å². The Balaban J connectivity index is 2.02. The van der Waals surface area contributed by atoms with Crippen LogP contribution in [0.3, 0.4) is 0 Å². The standard InChI is InChI=1S/C15H19N3O2/c1-2-20-14-8-4-3-7-13(14)17-15(19)18-9-5-6-12(10-16)11-18/h3-4,7-8,12H,2,5-6,9,11H2,1H3,(H,17,19)/t12-/m0/s1. The highest BCUT2D eigenvalue weighted by Gasteiger charge is 2.23. The molecule has 106 valence electrons. The van der Waals surface area contributed by atoms with Gasteiger partial charge in [-0.25, -0.2) is 4.79 Å². The number of para-hydroxylation sites is 2. The van der Waals surface area contributed by atoms with Crippen LogP contribution in [0.25, 0.3) is 0 Å². The van der Waals surface area contributed by atoms with Crippen LogP contribution in [-0.2, 0) is 0 Å². The summed E-state index contributed by atoms with van der Waals surface area (Å²) < 4.78 is 5.48. The second-order valence-electron chi connectivity index (χ2n) is 4.77. The average molecular weight is 273 g/mol. The van der Waals surface area contributed by atoms with Crippen molar-refractivity contribution in [2.45, 2.75) is 19.8 Å². The Hall–Kier alpha value is -2.22. The van der Waals surface area contributed by atoms with Gasteiger partial charge >= 0.3 is 6.03 Å². The van der Waals surface area contributed by atoms with Crippen molar-refractivity contribution in [2.75, 3.05) is 25.0 Å². The molecule has 2 rings (SSSR count). The van der Waals surface area contributed by atoms with E-state index >= 15 is 0 Å². The number of nitrogens with one attached hydrogen (secondary N) is 1. The van der Waals surface area contributed by atoms with E-state index in [1.807, 2.05) is 31.2 Å². The molecule has 1 aliphatic heterocycles. The maximum absolute atomic E-state index is 12.2. The molecule has 0 spiro atoms. The SMILES string of the molecule is CCOc1ccccc1NC(=O)N1CCC[C@@H](C#N)C1. The topological polar surface area (TPSA) is 65.4 Å². The Labute approximate surface area is 119 Å². The normalized spacial score (nSPS) is 18.2. The number of urea groups is 1. The number of amides is 2. The van der Waals surface area contributed by atoms with Gasteiger partial charge in [0.15, 0.2) is 0 Å². The summed E-state index contributed by atoms with van der Waals surface area (Å²) in [7, 11) is 0. The Kier molecular flexibility index (Phi) is 4.83. The first kappa shape index (κ1) is 14.2. The van der Waals surface area contributed by atoms with Gasteiger partial charge in [0.25, 0.3) is 0 Å². The lowest BCUT2D eigenvalue weighted by Crippen LogP contribution is -2.42. The fourth-order valence-corrected chi connectivity index (χ4v) is 2.31. The van der Waals surface area contributed by atoms with Gasteiger partial charge in [-0.2, -0.15) is 5.26 Å². The lowest BCUT2D eigenvalue weighted by Gasteiger charge is -2.29. The molecular formula is C15H19N3O2. The van der Waals surface area contributed by atoms with Gasteiger partial charge in [0, 0.05) is 13.1 Å². The highest BCUT2D eigenvalue weighted by molar-refractivity contribution is 5.91. The minimum absolute atomic E-state index is 0.0587. The molecule has 5 heteroatoms. The number of hydrogen-bond acceptors (Lipinski definition) is 3. The van der Waals surface area contributed by atoms with Crippen LogP contribution in [0.1, 0.15) is 19.8 Å². The number of rotatable bonds is 3. The van der Waals surface area contributed by atoms with Crippen molar-refractivity contribution in [3.05, 3.63) is 24.3 Å². The zero-order valence-corrected chi connectivity index (χ0v) is 11.6. The maximum Gasteiger partial charge on any atom is 0.321 e. The Morgan fingerprint density at radius 2 is 2.35 bits per heavy atom. The van der Waals surface area contributed by atoms with Gasteiger partial charge in [0.2, 0.25) is 0 Å². The summed E-state index contributed by atoms with van der Waals surface area (Å²) in [6, 6.07) is 9.43. The summed E-state index contributed by atoms with van der Waals surface area (Å²) in [4.78, 5) is 13.9. The van der Waals surface area contributed by atoms with Gasteiger partial charge in [0.05, 0.1) is 24.3 Å². The first-order valence-corrected chi connectivity index (χ1v) is 6.92. The minimum Gasteiger partial charge on any atom is -0.492 e. The molecule has 0 aliphatic carbocycles. The summed E-state index contributed by atoms with van der Waals surface area (Å²) >= 11 is 0. The first-order chi connectivity index (χ1) is 9.74. The van der Waals surface area contributed by atoms with E-state index in [0.29, 0.717) is 31.1 Å². The second kappa shape index (κ2) is 6.80. The smallest absolute Gasteiger partial charge is 0.321 e. The Bertz CT molecular complexity index is 510. The van der Waals surface area contributed by atoms with E-state index in [2.05, 4.69) is 11.4 Å². The van der Waals surface area contributed by atoms with Crippen LogP contribution in [0.4, 0.5) is 10.5 Å². The molecule has 20 heavy (non-hydrogen) atoms. The van der Waals surface area contributed by atoms with Gasteiger partial charge < -0.3 is 15.0 Å². The van der Waals surface area contributed by atoms with Crippen LogP contribution in [0.2, 0.25) is 0 Å². The molecular weight excluding hydrogens is 254 g/mol. The van der Waals surface area contributed by atoms with Crippen LogP contribution < -0.4 is 10.1 Å². The van der Waals surface area contributed by atoms with Gasteiger partial charge in [-0.1, -0.05) is 12.1 Å². The summed E-state index contributed by atoms with van der Waals surface area (Å²) in [5.41, 5.74) is 0.665. The number of anilines is 1. The lowest BCUT2D eigenvalue weighted by molar-refractivity contribution is 0.189. The van der Waals surface area contributed by atoms with E-state index in [9.17, 15) is 4.79 Å². The van der Waals surface area contributed by atoms with Crippen LogP contribution in [0.15, 0.2) is 24.3 Å². The van der Waals surface area contributed by atoms with Crippen LogP contribution in [-0.4, -0.2) is 30.6 Å². The number of carbonyl (C=O) groups excluding carboxylic acids is 1. The Morgan fingerprint density at radius 3 is 3.10 bits per heavy atom. The van der Waals surface area contributed by atoms with Gasteiger partial charge in [-0.05, 0) is 31.9 Å². The summed E-state index contributed by atoms with van der Waals surface area (Å²) in [5.74, 6) is 0.605. The molecule has 0 radical (unpaired) electrons. The van der Waals surface area contributed by atoms with Crippen molar-refractivity contribution in [3.63, 3.8) is 0 Å². The highest BCUT2D eigenvalue weighted by Crippen LogP contribution is 2.25. The van der Waals surface area contributed by atoms with Crippen molar-refractivity contribution in [3.8, 4) is 11.8 Å². The van der Waals surface area contributed by atoms with Gasteiger partial charge in [-0.15, -0.1) is 0 Å². The fraction of sp³-hybridized carbons (Fsp3) is 0.467. The number of piperidine rings is 1. The molecule has 1 saturated heterocycles. The molecule has 1 atom stereocenters. The molecule has 1 heterocycles. The minimum atomic E-state index is -0.169. The zero-order valence-electron chi connectivity index (χ0n) is 11.6. The number of likely N-dealkylation sites (tertiary alicyclic amines) is 1. The quantitative estimate of drug-likeness (QED) is 0.921. The van der Waals surface area contributed by atoms with Crippen LogP contribution in [0.5, 0.6) is 5.75 Å². The average Bonchev–Trinajstić information content (AvgIpc) is 2.49. The number of ether oxygens (including phenoxy) is 1. The third-order valence-corrected chi connectivity index (χ3v) is 3.32. The summed E-state index contributed by atoms with van der Waals surface area (Å²) in [5, 5.41) is 11.8. The van der Waals surface area contributed by atoms with Crippen molar-refractivity contribution < 1.29 is 9.53 Å². The maximum atomic E-state index is 12.2. The molecule has 1 aliphatic rings. The number of nitrogens with zero attached hydrogens (tertiary/aromatic N) is 2. The zero-order chi connectivity index (χ0) is 14.4. The Morgan fingerprint density at radius 1 is 1.55 bits per heavy atom. The molecule has 5 nitrogen and oxygen atoms in total. The van der Waals surface area contributed by atoms with Crippen molar-refractivity contribution >= 4 is 11.7 Å². The lowest BCUT2D eigenvalue weighted by atomic mass is 10.0. The first-order valence-electron chi connectivity index (χ1n) is 6.92. The monoisotopic (exact) mass is 273 g/mol. The van der Waals surface area contributed by atoms with Crippen molar-refractivity contribution in [1.29, 1.82) is 5.26 Å². The number of carbonyl (C=O) groups is 1. The molecule has 1 aromatic rings. The predicted octanol–water partition coefficient (Wildman–Crippen LogP) is 2.85. The fourth-order valence-electron chi connectivity index (χ4n) is 2.31. The number of nitriles is 1. The third kappa shape index (κ3) is 3.41. The second-order valence-corrected chi connectivity index (χ2v) is 4.77. The molecule has 0 saturated carbocycles. The van der Waals surface area contributed by atoms with Crippen LogP contribution in [0, 0.1) is 17.2 Å². The van der Waals surface area contributed by atoms with Gasteiger partial charge in [-0.3, -0.25) is 0 Å². The number of hydrogen-bond donors (Lipinski definition) is 1. The molecule has 0 bridgehead atoms. The molecule has 1 N–H and O–H groups in total. The van der Waals surface area contributed by atoms with Gasteiger partial charge in [0.1, 0.15) is 5.75 Å². The van der Waals surface area contributed by atoms with E-state index in [1.54, 1.807) is 4.90 Å². The molecule has 0 unspecified atom stereocenters. The largest absolute Gasteiger partial charge is 0.492 e. The van der Waals surface area contributed by atoms with E-state index in [0.717, 1.165) is 12.8 Å². The molecule has 1 aromatic carbocycles. The van der Waals surface area contributed by atoms with E-state index < -0.39 is 0 Å². The number of benzene rings is 1. The summed E-state index contributed by atoms with van der Waals surface area (Å²) in [6.45, 7) is 3.65. The van der Waals surface area contributed by atoms with E-state index in [1.165, 1.54) is 0 Å². The van der Waals surface area contributed by atoms with E-state index in [-0.39, 0.29) is 11.9 Å². The predicted molar refractivity (Wildman–Crippen MR) is 76.5 cm³/mol. The summed E-state index contributed by atoms with van der Waals surface area (Å²) in [6.07, 6.45) is 1.74. The van der Waals surface area contributed by atoms with Crippen molar-refractivity contribution in [1.82, 2.24) is 4.90 Å². The molecule has 1 fully saturated rings. The van der Waals surface area contributed by atoms with Crippen LogP contribution >= 0.6 is 0 Å². The molecule has 0 aromatic heterocycles.